The van der Waals surface area contributed by atoms with Gasteiger partial charge in [0.1, 0.15) is 56.5 Å². The van der Waals surface area contributed by atoms with Gasteiger partial charge in [-0.25, -0.2) is 0 Å². The molecule has 1 aliphatic heterocycles. The van der Waals surface area contributed by atoms with E-state index in [-0.39, 0.29) is 51.4 Å². The number of carbonyl (C=O) groups excluding carboxylic acids is 7. The first kappa shape index (κ1) is 81.4. The van der Waals surface area contributed by atoms with E-state index < -0.39 is 104 Å². The molecule has 3 N–H and O–H groups in total. The molecule has 1 saturated heterocycles. The molecule has 0 aliphatic carbocycles. The van der Waals surface area contributed by atoms with Gasteiger partial charge in [-0.15, -0.1) is 0 Å². The lowest BCUT2D eigenvalue weighted by atomic mass is 9.95. The minimum Gasteiger partial charge on any atom is -0.462 e. The number of aliphatic hydroxyl groups excluding tert-OH is 1. The Morgan fingerprint density at radius 1 is 0.442 bits per heavy atom. The van der Waals surface area contributed by atoms with Crippen LogP contribution in [0.2, 0.25) is 0 Å². The van der Waals surface area contributed by atoms with Crippen molar-refractivity contribution in [3.63, 3.8) is 0 Å². The minimum atomic E-state index is -1.76. The van der Waals surface area contributed by atoms with Crippen molar-refractivity contribution >= 4 is 41.5 Å². The normalized spacial score (nSPS) is 16.4. The lowest BCUT2D eigenvalue weighted by Crippen LogP contribution is -2.66. The number of rotatable bonds is 57. The molecule has 95 heavy (non-hydrogen) atoms. The van der Waals surface area contributed by atoms with E-state index in [0.717, 1.165) is 87.3 Å². The molecule has 0 spiro atoms. The molecule has 0 aromatic heterocycles. The van der Waals surface area contributed by atoms with Crippen LogP contribution in [0.5, 0.6) is 0 Å². The molecule has 0 saturated carbocycles. The summed E-state index contributed by atoms with van der Waals surface area (Å²) in [5.41, 5.74) is 2.17. The molecule has 1 aliphatic rings. The fraction of sp³-hybridized carbons (Fsp3) is 0.679. The second-order valence-electron chi connectivity index (χ2n) is 26.0. The zero-order valence-corrected chi connectivity index (χ0v) is 58.3. The Labute approximate surface area is 569 Å². The first-order valence-corrected chi connectivity index (χ1v) is 36.9. The maximum atomic E-state index is 14.4. The van der Waals surface area contributed by atoms with E-state index >= 15 is 0 Å². The van der Waals surface area contributed by atoms with Gasteiger partial charge in [0.15, 0.2) is 12.4 Å². The van der Waals surface area contributed by atoms with Crippen molar-refractivity contribution in [2.45, 2.75) is 327 Å². The number of Topliss-reactive ketones (excluding diaryl/α,β-unsaturated/α-hetero) is 1. The van der Waals surface area contributed by atoms with Gasteiger partial charge >= 0.3 is 29.8 Å². The van der Waals surface area contributed by atoms with Gasteiger partial charge in [-0.05, 0) is 36.0 Å². The van der Waals surface area contributed by atoms with Crippen LogP contribution < -0.4 is 10.6 Å². The predicted octanol–water partition coefficient (Wildman–Crippen LogP) is 16.0. The molecule has 532 valence electrons. The average Bonchev–Trinajstić information content (AvgIpc) is 0.797. The van der Waals surface area contributed by atoms with Gasteiger partial charge in [0.05, 0.1) is 31.9 Å². The fourth-order valence-corrected chi connectivity index (χ4v) is 11.7. The van der Waals surface area contributed by atoms with Crippen LogP contribution in [0.3, 0.4) is 0 Å². The zero-order chi connectivity index (χ0) is 68.2. The largest absolute Gasteiger partial charge is 0.462 e. The molecular formula is C78H120N2O15. The number of aliphatic hydroxyl groups is 1. The highest BCUT2D eigenvalue weighted by Crippen LogP contribution is 2.29. The van der Waals surface area contributed by atoms with E-state index in [9.17, 15) is 38.7 Å². The molecule has 1 fully saturated rings. The average molecular weight is 1330 g/mol. The van der Waals surface area contributed by atoms with Gasteiger partial charge in [-0.3, -0.25) is 38.9 Å². The Hall–Kier alpha value is -6.01. The first-order chi connectivity index (χ1) is 46.4. The first-order valence-electron chi connectivity index (χ1n) is 36.9. The fourth-order valence-electron chi connectivity index (χ4n) is 11.7. The zero-order valence-electron chi connectivity index (χ0n) is 58.3. The summed E-state index contributed by atoms with van der Waals surface area (Å²) in [7, 11) is 0. The van der Waals surface area contributed by atoms with Crippen molar-refractivity contribution in [2.75, 3.05) is 13.2 Å². The second-order valence-corrected chi connectivity index (χ2v) is 26.0. The van der Waals surface area contributed by atoms with Gasteiger partial charge in [-0.1, -0.05) is 298 Å². The lowest BCUT2D eigenvalue weighted by Gasteiger charge is -2.44. The van der Waals surface area contributed by atoms with Crippen molar-refractivity contribution in [2.24, 2.45) is 0 Å². The number of hydrogen-bond acceptors (Lipinski definition) is 16. The number of nitrogens with one attached hydrogen (secondary N) is 2. The van der Waals surface area contributed by atoms with E-state index in [4.69, 9.17) is 33.2 Å². The van der Waals surface area contributed by atoms with Gasteiger partial charge in [0, 0.05) is 19.3 Å². The number of ketones is 1. The summed E-state index contributed by atoms with van der Waals surface area (Å²) in [6.45, 7) is 5.49. The van der Waals surface area contributed by atoms with Crippen LogP contribution in [0.4, 0.5) is 0 Å². The summed E-state index contributed by atoms with van der Waals surface area (Å²) in [5, 5.41) is 18.4. The summed E-state index contributed by atoms with van der Waals surface area (Å²) < 4.78 is 42.2. The van der Waals surface area contributed by atoms with Crippen LogP contribution in [0.15, 0.2) is 91.0 Å². The SMILES string of the molecule is CCCCCCCCCCCCCC(=O)N[C@H]1[C@@H](OC(CC(=O)OCc2ccccc2)CC(=O)OCc2ccccc2)O[C@H](COC(=O)C(CC(=O)OCc2ccccc2)NCC(=O)CCCCCCCCCCCC)[C@@H](O)[C@@H]1OC(=O)CCCCCCCCCCCCC. The summed E-state index contributed by atoms with van der Waals surface area (Å²) in [5.74, 6) is -4.41. The highest BCUT2D eigenvalue weighted by atomic mass is 16.7. The predicted molar refractivity (Wildman–Crippen MR) is 370 cm³/mol. The standard InChI is InChI=1S/C78H120N2O15/c1-4-7-10-13-16-19-22-25-28-31-43-52-69(82)80-74-76(95-70(83)53-44-32-29-26-23-20-17-14-11-8-5-2)75(87)68(94-78(74)93-66(54-71(84)89-58-62-45-36-33-37-46-62)55-72(85)90-59-63-47-38-34-39-48-63)61-92-77(88)67(56-73(86)91-60-64-49-40-35-41-50-64)79-57-65(81)51-42-30-27-24-21-18-15-12-9-6-3/h33-41,45-50,66-68,74-76,78-79,87H,4-32,42-44,51-61H2,1-3H3,(H,80,82)/t67?,68-,74-,75-,76-,78+/m1/s1. The molecule has 1 unspecified atom stereocenters. The van der Waals surface area contributed by atoms with Gasteiger partial charge in [0.25, 0.3) is 0 Å². The third-order valence-electron chi connectivity index (χ3n) is 17.5. The number of carbonyl (C=O) groups is 7. The molecule has 17 heteroatoms. The Balaban J connectivity index is 1.61. The monoisotopic (exact) mass is 1320 g/mol. The van der Waals surface area contributed by atoms with Crippen molar-refractivity contribution in [1.29, 1.82) is 0 Å². The number of esters is 5. The Kier molecular flexibility index (Phi) is 45.5. The highest BCUT2D eigenvalue weighted by Gasteiger charge is 2.50. The van der Waals surface area contributed by atoms with Crippen LogP contribution in [-0.4, -0.2) is 103 Å². The minimum absolute atomic E-state index is 0.000444. The molecule has 0 bridgehead atoms. The number of unbranched alkanes of at least 4 members (excludes halogenated alkanes) is 29. The van der Waals surface area contributed by atoms with Crippen LogP contribution in [-0.2, 0) is 86.5 Å². The Bertz CT molecular complexity index is 2440. The number of benzene rings is 3. The highest BCUT2D eigenvalue weighted by molar-refractivity contribution is 5.85. The van der Waals surface area contributed by atoms with Crippen LogP contribution in [0, 0.1) is 0 Å². The number of ether oxygens (including phenoxy) is 7. The van der Waals surface area contributed by atoms with E-state index in [1.54, 1.807) is 36.4 Å². The molecule has 3 aromatic carbocycles. The van der Waals surface area contributed by atoms with Crippen molar-refractivity contribution < 1.29 is 71.8 Å². The Morgan fingerprint density at radius 2 is 0.811 bits per heavy atom. The third-order valence-corrected chi connectivity index (χ3v) is 17.5. The number of amides is 1. The van der Waals surface area contributed by atoms with Gasteiger partial charge in [-0.2, -0.15) is 0 Å². The Morgan fingerprint density at radius 3 is 1.22 bits per heavy atom. The summed E-state index contributed by atoms with van der Waals surface area (Å²) in [6.07, 6.45) is 25.6. The molecule has 1 amide bonds. The van der Waals surface area contributed by atoms with Gasteiger partial charge in [0.2, 0.25) is 5.91 Å². The maximum absolute atomic E-state index is 14.4. The third kappa shape index (κ3) is 39.1. The molecule has 4 rings (SSSR count). The van der Waals surface area contributed by atoms with Crippen LogP contribution >= 0.6 is 0 Å². The van der Waals surface area contributed by atoms with Crippen molar-refractivity contribution in [1.82, 2.24) is 10.6 Å². The summed E-state index contributed by atoms with van der Waals surface area (Å²) in [6, 6.07) is 24.4. The van der Waals surface area contributed by atoms with Crippen LogP contribution in [0.25, 0.3) is 0 Å². The lowest BCUT2D eigenvalue weighted by molar-refractivity contribution is -0.286. The van der Waals surface area contributed by atoms with Crippen LogP contribution in [0.1, 0.15) is 281 Å². The van der Waals surface area contributed by atoms with E-state index in [0.29, 0.717) is 19.3 Å². The molecular weight excluding hydrogens is 1200 g/mol. The molecule has 1 heterocycles. The summed E-state index contributed by atoms with van der Waals surface area (Å²) in [4.78, 5) is 97.2. The molecule has 3 aromatic rings. The molecule has 17 nitrogen and oxygen atoms in total. The second kappa shape index (κ2) is 53.1. The summed E-state index contributed by atoms with van der Waals surface area (Å²) >= 11 is 0. The molecule has 0 radical (unpaired) electrons. The number of hydrogen-bond donors (Lipinski definition) is 3. The maximum Gasteiger partial charge on any atom is 0.323 e. The van der Waals surface area contributed by atoms with Crippen molar-refractivity contribution in [3.05, 3.63) is 108 Å². The van der Waals surface area contributed by atoms with E-state index in [2.05, 4.69) is 31.4 Å². The van der Waals surface area contributed by atoms with E-state index in [1.165, 1.54) is 116 Å². The molecule has 6 atom stereocenters. The quantitative estimate of drug-likeness (QED) is 0.0271. The van der Waals surface area contributed by atoms with E-state index in [1.807, 2.05) is 54.6 Å². The van der Waals surface area contributed by atoms with Gasteiger partial charge < -0.3 is 43.6 Å². The topological polar surface area (TPSA) is 228 Å². The smallest absolute Gasteiger partial charge is 0.323 e. The van der Waals surface area contributed by atoms with Crippen molar-refractivity contribution in [3.8, 4) is 0 Å².